The summed E-state index contributed by atoms with van der Waals surface area (Å²) >= 11 is 0. The Kier molecular flexibility index (Phi) is 5.12. The number of amides is 2. The van der Waals surface area contributed by atoms with Crippen LogP contribution in [0.4, 0.5) is 4.79 Å². The van der Waals surface area contributed by atoms with Gasteiger partial charge in [0.05, 0.1) is 6.20 Å². The first kappa shape index (κ1) is 16.0. The van der Waals surface area contributed by atoms with Crippen LogP contribution in [0.2, 0.25) is 0 Å². The molecule has 20 heavy (non-hydrogen) atoms. The van der Waals surface area contributed by atoms with Gasteiger partial charge in [0.2, 0.25) is 0 Å². The van der Waals surface area contributed by atoms with E-state index in [9.17, 15) is 14.7 Å². The largest absolute Gasteiger partial charge is 0.479 e. The van der Waals surface area contributed by atoms with Gasteiger partial charge < -0.3 is 15.7 Å². The Balaban J connectivity index is 2.63. The molecule has 3 N–H and O–H groups in total. The molecule has 0 aliphatic heterocycles. The molecule has 0 aliphatic rings. The monoisotopic (exact) mass is 282 g/mol. The lowest BCUT2D eigenvalue weighted by Gasteiger charge is -2.23. The number of nitrogens with one attached hydrogen (secondary N) is 2. The standard InChI is InChI=1S/C13H22N4O3/c1-5-13(2,3)8-14-12(20)16-10(11(18)19)9-6-15-17(4)7-9/h6-7,10H,5,8H2,1-4H3,(H,18,19)(H2,14,16,20). The minimum atomic E-state index is -1.12. The normalized spacial score (nSPS) is 12.8. The lowest BCUT2D eigenvalue weighted by molar-refractivity contribution is -0.139. The number of hydrogen-bond acceptors (Lipinski definition) is 3. The summed E-state index contributed by atoms with van der Waals surface area (Å²) in [5.74, 6) is -1.12. The summed E-state index contributed by atoms with van der Waals surface area (Å²) in [6.45, 7) is 6.58. The molecule has 7 nitrogen and oxygen atoms in total. The van der Waals surface area contributed by atoms with Crippen LogP contribution in [0.1, 0.15) is 38.8 Å². The third-order valence-electron chi connectivity index (χ3n) is 3.27. The molecule has 7 heteroatoms. The van der Waals surface area contributed by atoms with Gasteiger partial charge in [0.15, 0.2) is 6.04 Å². The zero-order valence-electron chi connectivity index (χ0n) is 12.3. The average molecular weight is 282 g/mol. The van der Waals surface area contributed by atoms with Crippen molar-refractivity contribution in [3.05, 3.63) is 18.0 Å². The van der Waals surface area contributed by atoms with Crippen molar-refractivity contribution in [2.75, 3.05) is 6.54 Å². The Morgan fingerprint density at radius 2 is 2.15 bits per heavy atom. The summed E-state index contributed by atoms with van der Waals surface area (Å²) in [6, 6.07) is -1.60. The quantitative estimate of drug-likeness (QED) is 0.732. The van der Waals surface area contributed by atoms with E-state index in [1.165, 1.54) is 10.9 Å². The number of carboxylic acid groups (broad SMARTS) is 1. The van der Waals surface area contributed by atoms with Crippen LogP contribution in [0, 0.1) is 5.41 Å². The van der Waals surface area contributed by atoms with Crippen molar-refractivity contribution in [1.29, 1.82) is 0 Å². The molecule has 112 valence electrons. The number of aliphatic carboxylic acids is 1. The summed E-state index contributed by atoms with van der Waals surface area (Å²) < 4.78 is 1.49. The summed E-state index contributed by atoms with van der Waals surface area (Å²) in [5.41, 5.74) is 0.412. The molecule has 0 saturated heterocycles. The molecular weight excluding hydrogens is 260 g/mol. The van der Waals surface area contributed by atoms with Gasteiger partial charge in [0.1, 0.15) is 0 Å². The highest BCUT2D eigenvalue weighted by Crippen LogP contribution is 2.17. The minimum absolute atomic E-state index is 0.0234. The zero-order chi connectivity index (χ0) is 15.3. The molecule has 0 aliphatic carbocycles. The van der Waals surface area contributed by atoms with E-state index in [1.807, 2.05) is 20.8 Å². The highest BCUT2D eigenvalue weighted by molar-refractivity contribution is 5.83. The molecule has 1 aromatic rings. The van der Waals surface area contributed by atoms with Crippen LogP contribution in [0.25, 0.3) is 0 Å². The van der Waals surface area contributed by atoms with E-state index in [-0.39, 0.29) is 5.41 Å². The Morgan fingerprint density at radius 1 is 1.50 bits per heavy atom. The van der Waals surface area contributed by atoms with Gasteiger partial charge >= 0.3 is 12.0 Å². The summed E-state index contributed by atoms with van der Waals surface area (Å²) in [4.78, 5) is 23.0. The van der Waals surface area contributed by atoms with Gasteiger partial charge in [-0.15, -0.1) is 0 Å². The van der Waals surface area contributed by atoms with Gasteiger partial charge in [-0.2, -0.15) is 5.10 Å². The van der Waals surface area contributed by atoms with Crippen LogP contribution in [-0.4, -0.2) is 33.4 Å². The smallest absolute Gasteiger partial charge is 0.331 e. The molecule has 0 fully saturated rings. The Hall–Kier alpha value is -2.05. The lowest BCUT2D eigenvalue weighted by atomic mass is 9.90. The number of urea groups is 1. The van der Waals surface area contributed by atoms with E-state index in [2.05, 4.69) is 15.7 Å². The molecule has 1 rings (SSSR count). The highest BCUT2D eigenvalue weighted by Gasteiger charge is 2.24. The Morgan fingerprint density at radius 3 is 2.60 bits per heavy atom. The van der Waals surface area contributed by atoms with Crippen LogP contribution >= 0.6 is 0 Å². The highest BCUT2D eigenvalue weighted by atomic mass is 16.4. The van der Waals surface area contributed by atoms with Gasteiger partial charge in [-0.3, -0.25) is 4.68 Å². The summed E-state index contributed by atoms with van der Waals surface area (Å²) in [6.07, 6.45) is 3.91. The van der Waals surface area contributed by atoms with Gasteiger partial charge in [-0.1, -0.05) is 20.8 Å². The molecule has 0 saturated carbocycles. The second kappa shape index (κ2) is 6.40. The van der Waals surface area contributed by atoms with E-state index in [4.69, 9.17) is 0 Å². The van der Waals surface area contributed by atoms with Crippen molar-refractivity contribution in [2.45, 2.75) is 33.2 Å². The molecule has 1 atom stereocenters. The Bertz CT molecular complexity index is 482. The number of aromatic nitrogens is 2. The first-order chi connectivity index (χ1) is 9.25. The second-order valence-corrected chi connectivity index (χ2v) is 5.56. The number of carboxylic acids is 1. The van der Waals surface area contributed by atoms with E-state index >= 15 is 0 Å². The number of aryl methyl sites for hydroxylation is 1. The molecule has 2 amide bonds. The predicted octanol–water partition coefficient (Wildman–Crippen LogP) is 1.28. The number of carbonyl (C=O) groups is 2. The maximum absolute atomic E-state index is 11.8. The molecule has 1 unspecified atom stereocenters. The third-order valence-corrected chi connectivity index (χ3v) is 3.27. The summed E-state index contributed by atoms with van der Waals surface area (Å²) in [7, 11) is 1.69. The average Bonchev–Trinajstić information content (AvgIpc) is 2.79. The number of hydrogen-bond donors (Lipinski definition) is 3. The molecule has 0 aromatic carbocycles. The Labute approximate surface area is 118 Å². The van der Waals surface area contributed by atoms with Crippen LogP contribution in [-0.2, 0) is 11.8 Å². The maximum Gasteiger partial charge on any atom is 0.331 e. The lowest BCUT2D eigenvalue weighted by Crippen LogP contribution is -2.43. The zero-order valence-corrected chi connectivity index (χ0v) is 12.3. The SMILES string of the molecule is CCC(C)(C)CNC(=O)NC(C(=O)O)c1cnn(C)c1. The third kappa shape index (κ3) is 4.56. The molecule has 1 heterocycles. The minimum Gasteiger partial charge on any atom is -0.479 e. The van der Waals surface area contributed by atoms with Crippen molar-refractivity contribution in [2.24, 2.45) is 12.5 Å². The van der Waals surface area contributed by atoms with E-state index in [0.29, 0.717) is 12.1 Å². The first-order valence-electron chi connectivity index (χ1n) is 6.51. The van der Waals surface area contributed by atoms with Crippen LogP contribution in [0.5, 0.6) is 0 Å². The van der Waals surface area contributed by atoms with Gasteiger partial charge in [-0.05, 0) is 11.8 Å². The van der Waals surface area contributed by atoms with Gasteiger partial charge in [0.25, 0.3) is 0 Å². The first-order valence-corrected chi connectivity index (χ1v) is 6.51. The maximum atomic E-state index is 11.8. The van der Waals surface area contributed by atoms with Crippen LogP contribution in [0.15, 0.2) is 12.4 Å². The van der Waals surface area contributed by atoms with Crippen LogP contribution in [0.3, 0.4) is 0 Å². The molecule has 0 radical (unpaired) electrons. The number of rotatable bonds is 6. The summed E-state index contributed by atoms with van der Waals surface area (Å²) in [5, 5.41) is 18.2. The molecule has 0 bridgehead atoms. The van der Waals surface area contributed by atoms with E-state index < -0.39 is 18.0 Å². The molecule has 0 spiro atoms. The fraction of sp³-hybridized carbons (Fsp3) is 0.615. The predicted molar refractivity (Wildman–Crippen MR) is 74.2 cm³/mol. The van der Waals surface area contributed by atoms with Crippen molar-refractivity contribution < 1.29 is 14.7 Å². The fourth-order valence-electron chi connectivity index (χ4n) is 1.50. The van der Waals surface area contributed by atoms with Gasteiger partial charge in [-0.25, -0.2) is 9.59 Å². The fourth-order valence-corrected chi connectivity index (χ4v) is 1.50. The number of carbonyl (C=O) groups excluding carboxylic acids is 1. The topological polar surface area (TPSA) is 96.2 Å². The van der Waals surface area contributed by atoms with Crippen molar-refractivity contribution in [3.63, 3.8) is 0 Å². The second-order valence-electron chi connectivity index (χ2n) is 5.56. The van der Waals surface area contributed by atoms with Crippen molar-refractivity contribution in [1.82, 2.24) is 20.4 Å². The van der Waals surface area contributed by atoms with E-state index in [0.717, 1.165) is 6.42 Å². The van der Waals surface area contributed by atoms with Gasteiger partial charge in [0, 0.05) is 25.4 Å². The van der Waals surface area contributed by atoms with Crippen molar-refractivity contribution >= 4 is 12.0 Å². The number of nitrogens with zero attached hydrogens (tertiary/aromatic N) is 2. The van der Waals surface area contributed by atoms with Crippen LogP contribution < -0.4 is 10.6 Å². The van der Waals surface area contributed by atoms with E-state index in [1.54, 1.807) is 13.2 Å². The molecule has 1 aromatic heterocycles. The van der Waals surface area contributed by atoms with Crippen molar-refractivity contribution in [3.8, 4) is 0 Å². The molecular formula is C13H22N4O3.